The Morgan fingerprint density at radius 2 is 2.28 bits per heavy atom. The van der Waals surface area contributed by atoms with E-state index < -0.39 is 0 Å². The van der Waals surface area contributed by atoms with Gasteiger partial charge in [-0.2, -0.15) is 0 Å². The van der Waals surface area contributed by atoms with Gasteiger partial charge in [-0.1, -0.05) is 6.92 Å². The summed E-state index contributed by atoms with van der Waals surface area (Å²) in [4.78, 5) is 17.7. The summed E-state index contributed by atoms with van der Waals surface area (Å²) in [5.74, 6) is 0.239. The van der Waals surface area contributed by atoms with Crippen molar-refractivity contribution in [1.82, 2.24) is 9.80 Å². The van der Waals surface area contributed by atoms with Crippen molar-refractivity contribution in [3.8, 4) is 0 Å². The van der Waals surface area contributed by atoms with E-state index in [0.717, 1.165) is 34.8 Å². The van der Waals surface area contributed by atoms with E-state index in [0.29, 0.717) is 12.6 Å². The fourth-order valence-corrected chi connectivity index (χ4v) is 3.75. The smallest absolute Gasteiger partial charge is 0.186 e. The van der Waals surface area contributed by atoms with Crippen LogP contribution in [0.5, 0.6) is 0 Å². The van der Waals surface area contributed by atoms with Gasteiger partial charge in [-0.3, -0.25) is 14.6 Å². The third-order valence-corrected chi connectivity index (χ3v) is 5.14. The minimum absolute atomic E-state index is 0.239. The van der Waals surface area contributed by atoms with Crippen LogP contribution in [-0.2, 0) is 0 Å². The van der Waals surface area contributed by atoms with Crippen LogP contribution < -0.4 is 0 Å². The molecule has 1 unspecified atom stereocenters. The molecule has 1 atom stereocenters. The minimum atomic E-state index is 0.239. The molecule has 1 aromatic heterocycles. The number of hydrogen-bond acceptors (Lipinski definition) is 4. The number of hydrogen-bond donors (Lipinski definition) is 0. The minimum Gasteiger partial charge on any atom is -0.298 e. The standard InChI is InChI=1S/C13H19BrN2OS/c1-3-16-7-6-15(8-10(16)2)9-11(17)12-4-5-13(14)18-12/h4-5,10H,3,6-9H2,1-2H3. The number of carbonyl (C=O) groups excluding carboxylic acids is 1. The van der Waals surface area contributed by atoms with E-state index in [1.807, 2.05) is 12.1 Å². The lowest BCUT2D eigenvalue weighted by molar-refractivity contribution is 0.0726. The van der Waals surface area contributed by atoms with E-state index in [1.54, 1.807) is 0 Å². The maximum Gasteiger partial charge on any atom is 0.186 e. The normalized spacial score (nSPS) is 22.3. The number of ketones is 1. The zero-order chi connectivity index (χ0) is 13.1. The van der Waals surface area contributed by atoms with Gasteiger partial charge in [-0.15, -0.1) is 11.3 Å². The molecule has 1 fully saturated rings. The summed E-state index contributed by atoms with van der Waals surface area (Å²) >= 11 is 4.92. The highest BCUT2D eigenvalue weighted by molar-refractivity contribution is 9.11. The zero-order valence-electron chi connectivity index (χ0n) is 10.9. The number of likely N-dealkylation sites (N-methyl/N-ethyl adjacent to an activating group) is 1. The molecule has 0 N–H and O–H groups in total. The molecule has 0 bridgehead atoms. The molecule has 18 heavy (non-hydrogen) atoms. The van der Waals surface area contributed by atoms with Crippen LogP contribution in [0, 0.1) is 0 Å². The van der Waals surface area contributed by atoms with Crippen molar-refractivity contribution in [3.05, 3.63) is 20.8 Å². The number of halogens is 1. The van der Waals surface area contributed by atoms with Crippen LogP contribution in [-0.4, -0.2) is 54.3 Å². The molecule has 1 aliphatic heterocycles. The van der Waals surface area contributed by atoms with Crippen molar-refractivity contribution in [1.29, 1.82) is 0 Å². The van der Waals surface area contributed by atoms with Gasteiger partial charge < -0.3 is 0 Å². The molecule has 1 aliphatic rings. The predicted molar refractivity (Wildman–Crippen MR) is 79.5 cm³/mol. The molecule has 1 saturated heterocycles. The van der Waals surface area contributed by atoms with Crippen molar-refractivity contribution in [3.63, 3.8) is 0 Å². The summed E-state index contributed by atoms with van der Waals surface area (Å²) in [6.07, 6.45) is 0. The molecule has 2 heterocycles. The van der Waals surface area contributed by atoms with Gasteiger partial charge in [0.05, 0.1) is 15.2 Å². The van der Waals surface area contributed by atoms with Gasteiger partial charge in [-0.05, 0) is 41.5 Å². The van der Waals surface area contributed by atoms with Crippen molar-refractivity contribution in [2.24, 2.45) is 0 Å². The molecule has 2 rings (SSSR count). The summed E-state index contributed by atoms with van der Waals surface area (Å²) in [7, 11) is 0. The second-order valence-corrected chi connectivity index (χ2v) is 7.20. The Morgan fingerprint density at radius 1 is 1.50 bits per heavy atom. The van der Waals surface area contributed by atoms with Gasteiger partial charge in [0.1, 0.15) is 0 Å². The van der Waals surface area contributed by atoms with E-state index in [1.165, 1.54) is 11.3 Å². The van der Waals surface area contributed by atoms with Gasteiger partial charge >= 0.3 is 0 Å². The quantitative estimate of drug-likeness (QED) is 0.793. The topological polar surface area (TPSA) is 23.6 Å². The van der Waals surface area contributed by atoms with Crippen LogP contribution in [0.3, 0.4) is 0 Å². The number of rotatable bonds is 4. The largest absolute Gasteiger partial charge is 0.298 e. The molecule has 1 aromatic rings. The number of piperazine rings is 1. The molecule has 0 aromatic carbocycles. The van der Waals surface area contributed by atoms with Crippen molar-refractivity contribution in [2.45, 2.75) is 19.9 Å². The first-order valence-corrected chi connectivity index (χ1v) is 7.96. The molecule has 5 heteroatoms. The number of thiophene rings is 1. The third-order valence-electron chi connectivity index (χ3n) is 3.47. The van der Waals surface area contributed by atoms with E-state index in [-0.39, 0.29) is 5.78 Å². The van der Waals surface area contributed by atoms with E-state index in [4.69, 9.17) is 0 Å². The highest BCUT2D eigenvalue weighted by atomic mass is 79.9. The molecule has 0 aliphatic carbocycles. The summed E-state index contributed by atoms with van der Waals surface area (Å²) in [5.41, 5.74) is 0. The first-order chi connectivity index (χ1) is 8.60. The lowest BCUT2D eigenvalue weighted by Gasteiger charge is -2.38. The Bertz CT molecular complexity index is 421. The van der Waals surface area contributed by atoms with Gasteiger partial charge in [0.2, 0.25) is 0 Å². The van der Waals surface area contributed by atoms with Gasteiger partial charge in [-0.25, -0.2) is 0 Å². The average Bonchev–Trinajstić information content (AvgIpc) is 2.76. The molecule has 100 valence electrons. The maximum atomic E-state index is 12.1. The molecular weight excluding hydrogens is 312 g/mol. The van der Waals surface area contributed by atoms with Crippen LogP contribution in [0.1, 0.15) is 23.5 Å². The third kappa shape index (κ3) is 3.41. The van der Waals surface area contributed by atoms with Gasteiger partial charge in [0.25, 0.3) is 0 Å². The maximum absolute atomic E-state index is 12.1. The highest BCUT2D eigenvalue weighted by Crippen LogP contribution is 2.22. The molecule has 3 nitrogen and oxygen atoms in total. The molecule has 0 amide bonds. The lowest BCUT2D eigenvalue weighted by atomic mass is 10.2. The molecular formula is C13H19BrN2OS. The van der Waals surface area contributed by atoms with Crippen molar-refractivity contribution < 1.29 is 4.79 Å². The number of Topliss-reactive ketones (excluding diaryl/α,β-unsaturated/α-hetero) is 1. The first kappa shape index (κ1) is 14.2. The lowest BCUT2D eigenvalue weighted by Crippen LogP contribution is -2.52. The number of carbonyl (C=O) groups is 1. The van der Waals surface area contributed by atoms with Crippen LogP contribution >= 0.6 is 27.3 Å². The summed E-state index contributed by atoms with van der Waals surface area (Å²) in [6, 6.07) is 4.39. The Balaban J connectivity index is 1.89. The second-order valence-electron chi connectivity index (χ2n) is 4.74. The fraction of sp³-hybridized carbons (Fsp3) is 0.615. The summed E-state index contributed by atoms with van der Waals surface area (Å²) in [5, 5.41) is 0. The Kier molecular flexibility index (Phi) is 4.95. The predicted octanol–water partition coefficient (Wildman–Crippen LogP) is 2.72. The monoisotopic (exact) mass is 330 g/mol. The van der Waals surface area contributed by atoms with Crippen LogP contribution in [0.15, 0.2) is 15.9 Å². The van der Waals surface area contributed by atoms with Gasteiger partial charge in [0.15, 0.2) is 5.78 Å². The summed E-state index contributed by atoms with van der Waals surface area (Å²) < 4.78 is 1.02. The van der Waals surface area contributed by atoms with Crippen molar-refractivity contribution >= 4 is 33.0 Å². The Labute approximate surface area is 121 Å². The van der Waals surface area contributed by atoms with E-state index >= 15 is 0 Å². The van der Waals surface area contributed by atoms with Crippen LogP contribution in [0.2, 0.25) is 0 Å². The summed E-state index contributed by atoms with van der Waals surface area (Å²) in [6.45, 7) is 9.14. The van der Waals surface area contributed by atoms with E-state index in [2.05, 4.69) is 39.6 Å². The molecule has 0 saturated carbocycles. The van der Waals surface area contributed by atoms with E-state index in [9.17, 15) is 4.79 Å². The Hall–Kier alpha value is -0.230. The highest BCUT2D eigenvalue weighted by Gasteiger charge is 2.24. The van der Waals surface area contributed by atoms with Crippen molar-refractivity contribution in [2.75, 3.05) is 32.7 Å². The Morgan fingerprint density at radius 3 is 2.83 bits per heavy atom. The average molecular weight is 331 g/mol. The number of nitrogens with zero attached hydrogens (tertiary/aromatic N) is 2. The van der Waals surface area contributed by atoms with Crippen LogP contribution in [0.4, 0.5) is 0 Å². The zero-order valence-corrected chi connectivity index (χ0v) is 13.3. The molecule has 0 spiro atoms. The second kappa shape index (κ2) is 6.28. The first-order valence-electron chi connectivity index (χ1n) is 6.35. The van der Waals surface area contributed by atoms with Crippen LogP contribution in [0.25, 0.3) is 0 Å². The molecule has 0 radical (unpaired) electrons. The van der Waals surface area contributed by atoms with Gasteiger partial charge in [0, 0.05) is 25.7 Å². The SMILES string of the molecule is CCN1CCN(CC(=O)c2ccc(Br)s2)CC1C. The fourth-order valence-electron chi connectivity index (χ4n) is 2.43.